The minimum absolute atomic E-state index is 0. The Morgan fingerprint density at radius 1 is 1.26 bits per heavy atom. The Morgan fingerprint density at radius 3 is 2.74 bits per heavy atom. The van der Waals surface area contributed by atoms with Crippen molar-refractivity contribution in [1.82, 2.24) is 9.80 Å². The number of hydrogen-bond donors (Lipinski definition) is 1. The van der Waals surface area contributed by atoms with E-state index in [1.807, 2.05) is 35.2 Å². The highest BCUT2D eigenvalue weighted by molar-refractivity contribution is 5.85. The zero-order valence-electron chi connectivity index (χ0n) is 13.9. The van der Waals surface area contributed by atoms with E-state index in [-0.39, 0.29) is 18.3 Å². The number of fused-ring (bicyclic) bond motifs is 1. The van der Waals surface area contributed by atoms with E-state index in [0.717, 1.165) is 25.1 Å². The largest absolute Gasteiger partial charge is 0.341 e. The van der Waals surface area contributed by atoms with Crippen LogP contribution in [0.3, 0.4) is 0 Å². The third-order valence-electron chi connectivity index (χ3n) is 5.27. The fraction of sp³-hybridized carbons (Fsp3) is 0.611. The highest BCUT2D eigenvalue weighted by atomic mass is 35.5. The molecule has 2 heterocycles. The molecule has 0 aromatic heterocycles. The maximum atomic E-state index is 12.6. The lowest BCUT2D eigenvalue weighted by atomic mass is 9.84. The summed E-state index contributed by atoms with van der Waals surface area (Å²) in [7, 11) is 2.22. The smallest absolute Gasteiger partial charge is 0.239 e. The lowest BCUT2D eigenvalue weighted by molar-refractivity contribution is -0.136. The number of carbonyl (C=O) groups excluding carboxylic acids is 1. The van der Waals surface area contributed by atoms with E-state index < -0.39 is 6.04 Å². The van der Waals surface area contributed by atoms with E-state index in [2.05, 4.69) is 11.9 Å². The first-order valence-electron chi connectivity index (χ1n) is 8.43. The second kappa shape index (κ2) is 8.13. The van der Waals surface area contributed by atoms with Gasteiger partial charge in [-0.15, -0.1) is 12.4 Å². The summed E-state index contributed by atoms with van der Waals surface area (Å²) in [6, 6.07) is 10.3. The van der Waals surface area contributed by atoms with Gasteiger partial charge in [0.25, 0.3) is 0 Å². The van der Waals surface area contributed by atoms with Crippen LogP contribution in [0.4, 0.5) is 0 Å². The molecule has 2 saturated heterocycles. The van der Waals surface area contributed by atoms with E-state index in [1.54, 1.807) is 0 Å². The molecular formula is C18H28ClN3O. The molecule has 3 atom stereocenters. The molecule has 1 aromatic rings. The molecule has 0 radical (unpaired) electrons. The molecule has 0 aliphatic carbocycles. The summed E-state index contributed by atoms with van der Waals surface area (Å²) in [5.74, 6) is 0.746. The second-order valence-electron chi connectivity index (χ2n) is 6.82. The average Bonchev–Trinajstić information content (AvgIpc) is 2.55. The third-order valence-corrected chi connectivity index (χ3v) is 5.27. The number of halogens is 1. The van der Waals surface area contributed by atoms with Gasteiger partial charge in [-0.25, -0.2) is 0 Å². The summed E-state index contributed by atoms with van der Waals surface area (Å²) in [5, 5.41) is 0. The minimum Gasteiger partial charge on any atom is -0.341 e. The first-order valence-corrected chi connectivity index (χ1v) is 8.43. The summed E-state index contributed by atoms with van der Waals surface area (Å²) >= 11 is 0. The zero-order valence-corrected chi connectivity index (χ0v) is 14.7. The van der Waals surface area contributed by atoms with Gasteiger partial charge in [0.15, 0.2) is 0 Å². The summed E-state index contributed by atoms with van der Waals surface area (Å²) in [6.07, 6.45) is 4.21. The van der Waals surface area contributed by atoms with Gasteiger partial charge in [0.2, 0.25) is 5.91 Å². The van der Waals surface area contributed by atoms with Crippen LogP contribution in [0.25, 0.3) is 0 Å². The van der Waals surface area contributed by atoms with Crippen LogP contribution in [0.5, 0.6) is 0 Å². The molecule has 2 aliphatic rings. The maximum Gasteiger partial charge on any atom is 0.239 e. The molecule has 128 valence electrons. The summed E-state index contributed by atoms with van der Waals surface area (Å²) in [4.78, 5) is 17.1. The Bertz CT molecular complexity index is 510. The Kier molecular flexibility index (Phi) is 6.45. The highest BCUT2D eigenvalue weighted by Gasteiger charge is 2.36. The lowest BCUT2D eigenvalue weighted by Crippen LogP contribution is -2.56. The van der Waals surface area contributed by atoms with Crippen LogP contribution >= 0.6 is 12.4 Å². The van der Waals surface area contributed by atoms with Gasteiger partial charge in [-0.3, -0.25) is 4.79 Å². The molecular weight excluding hydrogens is 310 g/mol. The van der Waals surface area contributed by atoms with Crippen molar-refractivity contribution in [3.63, 3.8) is 0 Å². The fourth-order valence-corrected chi connectivity index (χ4v) is 4.04. The number of nitrogens with zero attached hydrogens (tertiary/aromatic N) is 2. The number of amides is 1. The highest BCUT2D eigenvalue weighted by Crippen LogP contribution is 2.29. The monoisotopic (exact) mass is 337 g/mol. The Labute approximate surface area is 145 Å². The van der Waals surface area contributed by atoms with Gasteiger partial charge in [-0.05, 0) is 50.8 Å². The molecule has 1 amide bonds. The molecule has 0 bridgehead atoms. The molecule has 2 N–H and O–H groups in total. The van der Waals surface area contributed by atoms with Gasteiger partial charge < -0.3 is 15.5 Å². The van der Waals surface area contributed by atoms with E-state index >= 15 is 0 Å². The van der Waals surface area contributed by atoms with Crippen LogP contribution in [0.2, 0.25) is 0 Å². The molecule has 0 spiro atoms. The Hall–Kier alpha value is -1.10. The van der Waals surface area contributed by atoms with Crippen molar-refractivity contribution in [2.75, 3.05) is 26.7 Å². The van der Waals surface area contributed by atoms with Crippen molar-refractivity contribution in [3.05, 3.63) is 35.9 Å². The number of rotatable bonds is 3. The molecule has 1 aromatic carbocycles. The van der Waals surface area contributed by atoms with Crippen LogP contribution in [0.15, 0.2) is 30.3 Å². The molecule has 0 saturated carbocycles. The number of benzene rings is 1. The first-order chi connectivity index (χ1) is 10.6. The molecule has 4 nitrogen and oxygen atoms in total. The number of piperidine rings is 2. The SMILES string of the molecule is CN1CCCC2CN(C(=O)[C@@H](N)Cc3ccccc3)CCC21.Cl. The summed E-state index contributed by atoms with van der Waals surface area (Å²) in [6.45, 7) is 2.94. The van der Waals surface area contributed by atoms with Gasteiger partial charge in [-0.1, -0.05) is 30.3 Å². The van der Waals surface area contributed by atoms with Crippen LogP contribution in [0, 0.1) is 5.92 Å². The van der Waals surface area contributed by atoms with Gasteiger partial charge in [0.05, 0.1) is 6.04 Å². The lowest BCUT2D eigenvalue weighted by Gasteiger charge is -2.46. The predicted octanol–water partition coefficient (Wildman–Crippen LogP) is 1.92. The van der Waals surface area contributed by atoms with Gasteiger partial charge in [-0.2, -0.15) is 0 Å². The van der Waals surface area contributed by atoms with E-state index in [0.29, 0.717) is 18.4 Å². The number of likely N-dealkylation sites (tertiary alicyclic amines) is 2. The summed E-state index contributed by atoms with van der Waals surface area (Å²) < 4.78 is 0. The van der Waals surface area contributed by atoms with Gasteiger partial charge in [0.1, 0.15) is 0 Å². The van der Waals surface area contributed by atoms with Gasteiger partial charge >= 0.3 is 0 Å². The molecule has 2 aliphatic heterocycles. The van der Waals surface area contributed by atoms with Crippen molar-refractivity contribution in [3.8, 4) is 0 Å². The predicted molar refractivity (Wildman–Crippen MR) is 95.7 cm³/mol. The van der Waals surface area contributed by atoms with E-state index in [9.17, 15) is 4.79 Å². The van der Waals surface area contributed by atoms with E-state index in [1.165, 1.54) is 19.4 Å². The van der Waals surface area contributed by atoms with Gasteiger partial charge in [0, 0.05) is 19.1 Å². The standard InChI is InChI=1S/C18H27N3O.ClH/c1-20-10-5-8-15-13-21(11-9-17(15)20)18(22)16(19)12-14-6-3-2-4-7-14;/h2-4,6-7,15-17H,5,8-13,19H2,1H3;1H/t15?,16-,17?;/m0./s1. The normalized spacial score (nSPS) is 26.1. The maximum absolute atomic E-state index is 12.6. The topological polar surface area (TPSA) is 49.6 Å². The zero-order chi connectivity index (χ0) is 15.5. The Morgan fingerprint density at radius 2 is 2.00 bits per heavy atom. The molecule has 5 heteroatoms. The van der Waals surface area contributed by atoms with Crippen LogP contribution in [0.1, 0.15) is 24.8 Å². The van der Waals surface area contributed by atoms with Crippen molar-refractivity contribution in [2.24, 2.45) is 11.7 Å². The molecule has 2 unspecified atom stereocenters. The molecule has 23 heavy (non-hydrogen) atoms. The second-order valence-corrected chi connectivity index (χ2v) is 6.82. The number of nitrogens with two attached hydrogens (primary N) is 1. The Balaban J connectivity index is 0.00000192. The molecule has 3 rings (SSSR count). The third kappa shape index (κ3) is 4.25. The average molecular weight is 338 g/mol. The van der Waals surface area contributed by atoms with Crippen molar-refractivity contribution >= 4 is 18.3 Å². The minimum atomic E-state index is -0.416. The van der Waals surface area contributed by atoms with Crippen LogP contribution < -0.4 is 5.73 Å². The molecule has 2 fully saturated rings. The van der Waals surface area contributed by atoms with Crippen molar-refractivity contribution in [2.45, 2.75) is 37.8 Å². The van der Waals surface area contributed by atoms with Crippen molar-refractivity contribution in [1.29, 1.82) is 0 Å². The first kappa shape index (κ1) is 18.2. The van der Waals surface area contributed by atoms with E-state index in [4.69, 9.17) is 5.73 Å². The quantitative estimate of drug-likeness (QED) is 0.916. The van der Waals surface area contributed by atoms with Crippen LogP contribution in [-0.2, 0) is 11.2 Å². The number of carbonyl (C=O) groups is 1. The van der Waals surface area contributed by atoms with Crippen LogP contribution in [-0.4, -0.2) is 54.5 Å². The van der Waals surface area contributed by atoms with Crippen molar-refractivity contribution < 1.29 is 4.79 Å². The fourth-order valence-electron chi connectivity index (χ4n) is 4.04. The summed E-state index contributed by atoms with van der Waals surface area (Å²) in [5.41, 5.74) is 7.31. The number of hydrogen-bond acceptors (Lipinski definition) is 3.